The zero-order chi connectivity index (χ0) is 18.2. The highest BCUT2D eigenvalue weighted by molar-refractivity contribution is 5.94. The Morgan fingerprint density at radius 2 is 1.96 bits per heavy atom. The number of hydrogen-bond donors (Lipinski definition) is 2. The van der Waals surface area contributed by atoms with Gasteiger partial charge in [0.2, 0.25) is 0 Å². The number of nitrogens with one attached hydrogen (secondary N) is 1. The monoisotopic (exact) mass is 347 g/mol. The maximum atomic E-state index is 13.5. The summed E-state index contributed by atoms with van der Waals surface area (Å²) in [5, 5.41) is 12.4. The standard InChI is InChI=1S/C19H22FNO4/c1-13-3-6-15(9-18(13)20)19(23)21-10-16(22)12-25-11-14-4-7-17(24-2)8-5-14/h3-9,16,22H,10-12H2,1-2H3,(H,21,23)/t16-/m0/s1. The van der Waals surface area contributed by atoms with E-state index in [0.29, 0.717) is 12.2 Å². The van der Waals surface area contributed by atoms with E-state index in [2.05, 4.69) is 5.32 Å². The van der Waals surface area contributed by atoms with Gasteiger partial charge in [-0.1, -0.05) is 18.2 Å². The Kier molecular flexibility index (Phi) is 6.91. The highest BCUT2D eigenvalue weighted by Crippen LogP contribution is 2.12. The van der Waals surface area contributed by atoms with Crippen molar-refractivity contribution in [2.24, 2.45) is 0 Å². The fourth-order valence-electron chi connectivity index (χ4n) is 2.14. The predicted octanol–water partition coefficient (Wildman–Crippen LogP) is 2.45. The van der Waals surface area contributed by atoms with Crippen LogP contribution in [0.15, 0.2) is 42.5 Å². The molecule has 0 aliphatic heterocycles. The molecule has 2 aromatic carbocycles. The molecule has 1 amide bonds. The fourth-order valence-corrected chi connectivity index (χ4v) is 2.14. The van der Waals surface area contributed by atoms with Crippen LogP contribution in [0, 0.1) is 12.7 Å². The van der Waals surface area contributed by atoms with Gasteiger partial charge in [-0.2, -0.15) is 0 Å². The lowest BCUT2D eigenvalue weighted by atomic mass is 10.1. The summed E-state index contributed by atoms with van der Waals surface area (Å²) in [7, 11) is 1.60. The minimum atomic E-state index is -0.850. The van der Waals surface area contributed by atoms with Crippen molar-refractivity contribution in [1.29, 1.82) is 0 Å². The van der Waals surface area contributed by atoms with Crippen molar-refractivity contribution in [3.63, 3.8) is 0 Å². The third kappa shape index (κ3) is 5.85. The third-order valence-electron chi connectivity index (χ3n) is 3.67. The molecule has 2 N–H and O–H groups in total. The van der Waals surface area contributed by atoms with E-state index in [1.54, 1.807) is 26.2 Å². The first-order valence-electron chi connectivity index (χ1n) is 7.92. The second kappa shape index (κ2) is 9.15. The molecule has 0 spiro atoms. The Bertz CT molecular complexity index is 703. The minimum Gasteiger partial charge on any atom is -0.497 e. The van der Waals surface area contributed by atoms with E-state index in [0.717, 1.165) is 11.3 Å². The summed E-state index contributed by atoms with van der Waals surface area (Å²) < 4.78 is 24.0. The normalized spacial score (nSPS) is 11.8. The summed E-state index contributed by atoms with van der Waals surface area (Å²) in [5.74, 6) is -0.108. The first-order chi connectivity index (χ1) is 12.0. The third-order valence-corrected chi connectivity index (χ3v) is 3.67. The lowest BCUT2D eigenvalue weighted by molar-refractivity contribution is 0.0285. The van der Waals surface area contributed by atoms with E-state index in [9.17, 15) is 14.3 Å². The van der Waals surface area contributed by atoms with Crippen molar-refractivity contribution >= 4 is 5.91 Å². The molecule has 0 saturated carbocycles. The number of ether oxygens (including phenoxy) is 2. The van der Waals surface area contributed by atoms with Gasteiger partial charge in [0.25, 0.3) is 5.91 Å². The molecule has 0 fully saturated rings. The first kappa shape index (κ1) is 18.9. The van der Waals surface area contributed by atoms with Crippen LogP contribution in [0.1, 0.15) is 21.5 Å². The van der Waals surface area contributed by atoms with Crippen LogP contribution in [-0.2, 0) is 11.3 Å². The van der Waals surface area contributed by atoms with Crippen molar-refractivity contribution in [1.82, 2.24) is 5.32 Å². The summed E-state index contributed by atoms with van der Waals surface area (Å²) in [6.45, 7) is 2.07. The van der Waals surface area contributed by atoms with Crippen molar-refractivity contribution < 1.29 is 23.8 Å². The van der Waals surface area contributed by atoms with E-state index in [-0.39, 0.29) is 18.7 Å². The Hall–Kier alpha value is -2.44. The van der Waals surface area contributed by atoms with Crippen LogP contribution in [0.5, 0.6) is 5.75 Å². The van der Waals surface area contributed by atoms with Gasteiger partial charge >= 0.3 is 0 Å². The van der Waals surface area contributed by atoms with Gasteiger partial charge < -0.3 is 19.9 Å². The molecule has 0 bridgehead atoms. The van der Waals surface area contributed by atoms with Gasteiger partial charge in [-0.25, -0.2) is 4.39 Å². The minimum absolute atomic E-state index is 0.0247. The van der Waals surface area contributed by atoms with Crippen LogP contribution in [0.25, 0.3) is 0 Å². The van der Waals surface area contributed by atoms with Crippen molar-refractivity contribution in [3.05, 3.63) is 65.0 Å². The lowest BCUT2D eigenvalue weighted by Gasteiger charge is -2.13. The average Bonchev–Trinajstić information content (AvgIpc) is 2.62. The van der Waals surface area contributed by atoms with Crippen LogP contribution in [0.2, 0.25) is 0 Å². The largest absolute Gasteiger partial charge is 0.497 e. The molecule has 25 heavy (non-hydrogen) atoms. The molecule has 6 heteroatoms. The number of halogens is 1. The summed E-state index contributed by atoms with van der Waals surface area (Å²) in [6.07, 6.45) is -0.850. The molecule has 0 saturated heterocycles. The fraction of sp³-hybridized carbons (Fsp3) is 0.316. The molecule has 5 nitrogen and oxygen atoms in total. The summed E-state index contributed by atoms with van der Waals surface area (Å²) in [4.78, 5) is 11.9. The van der Waals surface area contributed by atoms with Crippen molar-refractivity contribution in [2.75, 3.05) is 20.3 Å². The molecule has 0 aliphatic rings. The van der Waals surface area contributed by atoms with E-state index in [1.165, 1.54) is 6.07 Å². The van der Waals surface area contributed by atoms with Gasteiger partial charge in [-0.05, 0) is 42.3 Å². The van der Waals surface area contributed by atoms with E-state index < -0.39 is 17.8 Å². The van der Waals surface area contributed by atoms with Gasteiger partial charge in [-0.3, -0.25) is 4.79 Å². The van der Waals surface area contributed by atoms with Crippen LogP contribution < -0.4 is 10.1 Å². The number of aliphatic hydroxyl groups is 1. The number of carbonyl (C=O) groups excluding carboxylic acids is 1. The molecule has 0 aliphatic carbocycles. The van der Waals surface area contributed by atoms with Gasteiger partial charge in [-0.15, -0.1) is 0 Å². The number of methoxy groups -OCH3 is 1. The van der Waals surface area contributed by atoms with Crippen molar-refractivity contribution in [2.45, 2.75) is 19.6 Å². The van der Waals surface area contributed by atoms with Gasteiger partial charge in [0.15, 0.2) is 0 Å². The molecule has 0 aromatic heterocycles. The molecule has 0 radical (unpaired) electrons. The Morgan fingerprint density at radius 1 is 1.24 bits per heavy atom. The van der Waals surface area contributed by atoms with Gasteiger partial charge in [0.1, 0.15) is 11.6 Å². The van der Waals surface area contributed by atoms with E-state index in [1.807, 2.05) is 24.3 Å². The Balaban J connectivity index is 1.71. The maximum Gasteiger partial charge on any atom is 0.251 e. The quantitative estimate of drug-likeness (QED) is 0.770. The van der Waals surface area contributed by atoms with Crippen LogP contribution >= 0.6 is 0 Å². The molecule has 134 valence electrons. The number of benzene rings is 2. The first-order valence-corrected chi connectivity index (χ1v) is 7.92. The number of rotatable bonds is 8. The predicted molar refractivity (Wildman–Crippen MR) is 92.1 cm³/mol. The SMILES string of the molecule is COc1ccc(COC[C@@H](O)CNC(=O)c2ccc(C)c(F)c2)cc1. The molecular weight excluding hydrogens is 325 g/mol. The highest BCUT2D eigenvalue weighted by Gasteiger charge is 2.11. The smallest absolute Gasteiger partial charge is 0.251 e. The molecule has 0 unspecified atom stereocenters. The number of hydrogen-bond acceptors (Lipinski definition) is 4. The Labute approximate surface area is 146 Å². The molecular formula is C19H22FNO4. The summed E-state index contributed by atoms with van der Waals surface area (Å²) >= 11 is 0. The topological polar surface area (TPSA) is 67.8 Å². The second-order valence-corrected chi connectivity index (χ2v) is 5.69. The highest BCUT2D eigenvalue weighted by atomic mass is 19.1. The zero-order valence-electron chi connectivity index (χ0n) is 14.3. The Morgan fingerprint density at radius 3 is 2.60 bits per heavy atom. The van der Waals surface area contributed by atoms with Crippen molar-refractivity contribution in [3.8, 4) is 5.75 Å². The van der Waals surface area contributed by atoms with Crippen LogP contribution in [-0.4, -0.2) is 37.4 Å². The number of aryl methyl sites for hydroxylation is 1. The average molecular weight is 347 g/mol. The lowest BCUT2D eigenvalue weighted by Crippen LogP contribution is -2.34. The summed E-state index contributed by atoms with van der Waals surface area (Å²) in [5.41, 5.74) is 1.64. The number of amides is 1. The second-order valence-electron chi connectivity index (χ2n) is 5.69. The van der Waals surface area contributed by atoms with E-state index in [4.69, 9.17) is 9.47 Å². The van der Waals surface area contributed by atoms with Gasteiger partial charge in [0.05, 0.1) is 26.4 Å². The van der Waals surface area contributed by atoms with E-state index >= 15 is 0 Å². The number of aliphatic hydroxyl groups excluding tert-OH is 1. The molecule has 2 aromatic rings. The molecule has 2 rings (SSSR count). The molecule has 0 heterocycles. The van der Waals surface area contributed by atoms with Gasteiger partial charge in [0, 0.05) is 12.1 Å². The van der Waals surface area contributed by atoms with Crippen LogP contribution in [0.3, 0.4) is 0 Å². The summed E-state index contributed by atoms with van der Waals surface area (Å²) in [6, 6.07) is 11.7. The molecule has 1 atom stereocenters. The zero-order valence-corrected chi connectivity index (χ0v) is 14.3. The van der Waals surface area contributed by atoms with Crippen LogP contribution in [0.4, 0.5) is 4.39 Å². The number of carbonyl (C=O) groups is 1. The maximum absolute atomic E-state index is 13.5.